The van der Waals surface area contributed by atoms with Crippen LogP contribution in [0.5, 0.6) is 23.0 Å². The average Bonchev–Trinajstić information content (AvgIpc) is 2.88. The number of carbonyl (C=O) groups is 2. The Kier molecular flexibility index (Phi) is 8.34. The minimum Gasteiger partial charge on any atom is -0.493 e. The summed E-state index contributed by atoms with van der Waals surface area (Å²) in [5.74, 6) is 1.32. The van der Waals surface area contributed by atoms with E-state index in [1.807, 2.05) is 18.2 Å². The summed E-state index contributed by atoms with van der Waals surface area (Å²) in [4.78, 5) is 25.8. The third-order valence-corrected chi connectivity index (χ3v) is 5.21. The average molecular weight is 465 g/mol. The van der Waals surface area contributed by atoms with Gasteiger partial charge in [0.1, 0.15) is 0 Å². The summed E-state index contributed by atoms with van der Waals surface area (Å²) < 4.78 is 21.2. The van der Waals surface area contributed by atoms with Crippen molar-refractivity contribution in [3.8, 4) is 23.0 Å². The Bertz CT molecular complexity index is 1160. The first-order valence-corrected chi connectivity index (χ1v) is 10.6. The summed E-state index contributed by atoms with van der Waals surface area (Å²) in [6.45, 7) is 0.403. The molecule has 0 saturated carbocycles. The zero-order chi connectivity index (χ0) is 24.5. The summed E-state index contributed by atoms with van der Waals surface area (Å²) in [7, 11) is 6.13. The predicted molar refractivity (Wildman–Crippen MR) is 130 cm³/mol. The number of amides is 2. The Morgan fingerprint density at radius 2 is 1.41 bits per heavy atom. The molecule has 0 aromatic heterocycles. The van der Waals surface area contributed by atoms with Crippen molar-refractivity contribution in [2.24, 2.45) is 0 Å². The molecule has 8 nitrogen and oxygen atoms in total. The number of anilines is 1. The fraction of sp³-hybridized carbons (Fsp3) is 0.231. The van der Waals surface area contributed by atoms with Gasteiger partial charge in [0.2, 0.25) is 0 Å². The van der Waals surface area contributed by atoms with Crippen molar-refractivity contribution in [1.82, 2.24) is 5.32 Å². The Hall–Kier alpha value is -4.20. The molecule has 34 heavy (non-hydrogen) atoms. The van der Waals surface area contributed by atoms with Crippen molar-refractivity contribution in [1.29, 1.82) is 0 Å². The van der Waals surface area contributed by atoms with E-state index in [0.29, 0.717) is 52.8 Å². The highest BCUT2D eigenvalue weighted by molar-refractivity contribution is 6.10. The van der Waals surface area contributed by atoms with Crippen LogP contribution >= 0.6 is 0 Å². The molecule has 0 aliphatic rings. The van der Waals surface area contributed by atoms with Gasteiger partial charge in [-0.05, 0) is 48.4 Å². The van der Waals surface area contributed by atoms with Crippen molar-refractivity contribution < 1.29 is 28.5 Å². The molecule has 178 valence electrons. The van der Waals surface area contributed by atoms with Gasteiger partial charge in [0.15, 0.2) is 23.0 Å². The Morgan fingerprint density at radius 1 is 0.706 bits per heavy atom. The molecular weight excluding hydrogens is 436 g/mol. The van der Waals surface area contributed by atoms with Gasteiger partial charge in [0.05, 0.1) is 45.3 Å². The van der Waals surface area contributed by atoms with Crippen LogP contribution in [0.2, 0.25) is 0 Å². The molecule has 0 fully saturated rings. The molecule has 0 heterocycles. The first kappa shape index (κ1) is 24.4. The molecule has 3 aromatic carbocycles. The van der Waals surface area contributed by atoms with Gasteiger partial charge in [-0.2, -0.15) is 0 Å². The van der Waals surface area contributed by atoms with Crippen LogP contribution < -0.4 is 29.6 Å². The van der Waals surface area contributed by atoms with Gasteiger partial charge >= 0.3 is 0 Å². The molecule has 2 N–H and O–H groups in total. The van der Waals surface area contributed by atoms with E-state index >= 15 is 0 Å². The van der Waals surface area contributed by atoms with E-state index in [2.05, 4.69) is 10.6 Å². The van der Waals surface area contributed by atoms with Gasteiger partial charge in [-0.15, -0.1) is 0 Å². The number of methoxy groups -OCH3 is 4. The highest BCUT2D eigenvalue weighted by Gasteiger charge is 2.19. The number of rotatable bonds is 10. The Balaban J connectivity index is 1.69. The standard InChI is InChI=1S/C26H28N2O6/c1-31-21-13-12-17(16-23(21)33-3)14-15-27-25(29)18-8-5-6-10-20(18)28-26(30)19-9-7-11-22(32-2)24(19)34-4/h5-13,16H,14-15H2,1-4H3,(H,27,29)(H,28,30). The SMILES string of the molecule is COc1ccc(CCNC(=O)c2ccccc2NC(=O)c2cccc(OC)c2OC)cc1OC. The number of para-hydroxylation sites is 2. The highest BCUT2D eigenvalue weighted by Crippen LogP contribution is 2.31. The van der Waals surface area contributed by atoms with Gasteiger partial charge in [-0.1, -0.05) is 24.3 Å². The number of nitrogens with one attached hydrogen (secondary N) is 2. The topological polar surface area (TPSA) is 95.1 Å². The second kappa shape index (κ2) is 11.6. The van der Waals surface area contributed by atoms with E-state index in [1.54, 1.807) is 56.7 Å². The highest BCUT2D eigenvalue weighted by atomic mass is 16.5. The molecule has 8 heteroatoms. The molecule has 3 rings (SSSR count). The van der Waals surface area contributed by atoms with E-state index in [9.17, 15) is 9.59 Å². The van der Waals surface area contributed by atoms with Gasteiger partial charge in [0.25, 0.3) is 11.8 Å². The monoisotopic (exact) mass is 464 g/mol. The minimum absolute atomic E-state index is 0.297. The third-order valence-electron chi connectivity index (χ3n) is 5.21. The van der Waals surface area contributed by atoms with Crippen molar-refractivity contribution in [3.63, 3.8) is 0 Å². The summed E-state index contributed by atoms with van der Waals surface area (Å²) in [5, 5.41) is 5.70. The molecule has 0 unspecified atom stereocenters. The molecule has 0 aliphatic carbocycles. The lowest BCUT2D eigenvalue weighted by Gasteiger charge is -2.14. The second-order valence-electron chi connectivity index (χ2n) is 7.24. The summed E-state index contributed by atoms with van der Waals surface area (Å²) in [6.07, 6.45) is 0.599. The number of carbonyl (C=O) groups excluding carboxylic acids is 2. The largest absolute Gasteiger partial charge is 0.493 e. The minimum atomic E-state index is -0.415. The normalized spacial score (nSPS) is 10.2. The van der Waals surface area contributed by atoms with Crippen LogP contribution in [0.15, 0.2) is 60.7 Å². The predicted octanol–water partition coefficient (Wildman–Crippen LogP) is 3.95. The van der Waals surface area contributed by atoms with Crippen molar-refractivity contribution >= 4 is 17.5 Å². The molecule has 0 aliphatic heterocycles. The molecule has 2 amide bonds. The second-order valence-corrected chi connectivity index (χ2v) is 7.24. The number of ether oxygens (including phenoxy) is 4. The first-order chi connectivity index (χ1) is 16.5. The Labute approximate surface area is 198 Å². The third kappa shape index (κ3) is 5.58. The van der Waals surface area contributed by atoms with Crippen LogP contribution in [-0.2, 0) is 6.42 Å². The van der Waals surface area contributed by atoms with Crippen LogP contribution in [0, 0.1) is 0 Å². The number of benzene rings is 3. The van der Waals surface area contributed by atoms with Gasteiger partial charge in [0, 0.05) is 6.54 Å². The van der Waals surface area contributed by atoms with E-state index in [1.165, 1.54) is 14.2 Å². The maximum atomic E-state index is 12.9. The fourth-order valence-electron chi connectivity index (χ4n) is 3.50. The van der Waals surface area contributed by atoms with Gasteiger partial charge < -0.3 is 29.6 Å². The van der Waals surface area contributed by atoms with Crippen LogP contribution in [0.3, 0.4) is 0 Å². The van der Waals surface area contributed by atoms with Crippen molar-refractivity contribution in [3.05, 3.63) is 77.4 Å². The molecule has 3 aromatic rings. The van der Waals surface area contributed by atoms with E-state index in [-0.39, 0.29) is 5.91 Å². The maximum Gasteiger partial charge on any atom is 0.259 e. The lowest BCUT2D eigenvalue weighted by atomic mass is 10.1. The number of hydrogen-bond acceptors (Lipinski definition) is 6. The van der Waals surface area contributed by atoms with E-state index < -0.39 is 5.91 Å². The molecule has 0 spiro atoms. The lowest BCUT2D eigenvalue weighted by molar-refractivity contribution is 0.0955. The summed E-state index contributed by atoms with van der Waals surface area (Å²) >= 11 is 0. The molecule has 0 saturated heterocycles. The smallest absolute Gasteiger partial charge is 0.259 e. The van der Waals surface area contributed by atoms with Crippen molar-refractivity contribution in [2.45, 2.75) is 6.42 Å². The summed E-state index contributed by atoms with van der Waals surface area (Å²) in [5.41, 5.74) is 2.03. The van der Waals surface area contributed by atoms with Crippen LogP contribution in [0.1, 0.15) is 26.3 Å². The van der Waals surface area contributed by atoms with Crippen LogP contribution in [0.25, 0.3) is 0 Å². The molecule has 0 bridgehead atoms. The first-order valence-electron chi connectivity index (χ1n) is 10.6. The van der Waals surface area contributed by atoms with Crippen LogP contribution in [-0.4, -0.2) is 46.8 Å². The molecular formula is C26H28N2O6. The van der Waals surface area contributed by atoms with E-state index in [0.717, 1.165) is 5.56 Å². The molecule has 0 radical (unpaired) electrons. The zero-order valence-electron chi connectivity index (χ0n) is 19.6. The van der Waals surface area contributed by atoms with Crippen LogP contribution in [0.4, 0.5) is 5.69 Å². The lowest BCUT2D eigenvalue weighted by Crippen LogP contribution is -2.27. The quantitative estimate of drug-likeness (QED) is 0.472. The zero-order valence-corrected chi connectivity index (χ0v) is 19.6. The molecule has 0 atom stereocenters. The fourth-order valence-corrected chi connectivity index (χ4v) is 3.50. The van der Waals surface area contributed by atoms with E-state index in [4.69, 9.17) is 18.9 Å². The Morgan fingerprint density at radius 3 is 2.12 bits per heavy atom. The van der Waals surface area contributed by atoms with Gasteiger partial charge in [-0.25, -0.2) is 0 Å². The maximum absolute atomic E-state index is 12.9. The number of hydrogen-bond donors (Lipinski definition) is 2. The van der Waals surface area contributed by atoms with Gasteiger partial charge in [-0.3, -0.25) is 9.59 Å². The van der Waals surface area contributed by atoms with Crippen molar-refractivity contribution in [2.75, 3.05) is 40.3 Å². The summed E-state index contributed by atoms with van der Waals surface area (Å²) in [6, 6.07) is 17.5.